The zero-order chi connectivity index (χ0) is 10.8. The molecule has 0 bridgehead atoms. The van der Waals surface area contributed by atoms with Gasteiger partial charge in [0.25, 0.3) is 0 Å². The highest BCUT2D eigenvalue weighted by atomic mass is 14.9. The van der Waals surface area contributed by atoms with Crippen molar-refractivity contribution in [2.24, 2.45) is 5.92 Å². The Hall–Kier alpha value is -0.480. The van der Waals surface area contributed by atoms with Gasteiger partial charge in [-0.2, -0.15) is 0 Å². The number of hydrogen-bond donors (Lipinski definition) is 1. The van der Waals surface area contributed by atoms with Crippen molar-refractivity contribution < 1.29 is 0 Å². The highest BCUT2D eigenvalue weighted by molar-refractivity contribution is 5.00. The Kier molecular flexibility index (Phi) is 8.78. The van der Waals surface area contributed by atoms with Crippen LogP contribution >= 0.6 is 0 Å². The molecule has 0 aromatic heterocycles. The van der Waals surface area contributed by atoms with Crippen molar-refractivity contribution in [1.82, 2.24) is 5.32 Å². The Labute approximate surface area is 89.7 Å². The van der Waals surface area contributed by atoms with Crippen molar-refractivity contribution in [3.63, 3.8) is 0 Å². The molecule has 1 nitrogen and oxygen atoms in total. The van der Waals surface area contributed by atoms with Gasteiger partial charge in [-0.25, -0.2) is 0 Å². The summed E-state index contributed by atoms with van der Waals surface area (Å²) in [6.45, 7) is 9.80. The molecule has 0 aromatic carbocycles. The minimum absolute atomic E-state index is 0.526. The van der Waals surface area contributed by atoms with Crippen molar-refractivity contribution in [2.75, 3.05) is 6.54 Å². The average molecular weight is 195 g/mol. The van der Waals surface area contributed by atoms with Crippen molar-refractivity contribution >= 4 is 0 Å². The van der Waals surface area contributed by atoms with E-state index in [1.165, 1.54) is 19.3 Å². The van der Waals surface area contributed by atoms with E-state index >= 15 is 0 Å². The van der Waals surface area contributed by atoms with Gasteiger partial charge in [-0.15, -0.1) is 11.8 Å². The molecule has 0 heterocycles. The zero-order valence-corrected chi connectivity index (χ0v) is 10.2. The van der Waals surface area contributed by atoms with Gasteiger partial charge in [0.15, 0.2) is 0 Å². The standard InChI is InChI=1S/C13H25N/c1-12(2)10-8-6-5-7-9-11-14-13(3)4/h12-14H,5-7,9,11H2,1-4H3. The van der Waals surface area contributed by atoms with Crippen LogP contribution in [0.2, 0.25) is 0 Å². The Balaban J connectivity index is 3.11. The molecule has 0 aliphatic heterocycles. The highest BCUT2D eigenvalue weighted by Crippen LogP contribution is 1.98. The molecule has 0 radical (unpaired) electrons. The second-order valence-corrected chi connectivity index (χ2v) is 4.40. The summed E-state index contributed by atoms with van der Waals surface area (Å²) < 4.78 is 0. The fourth-order valence-electron chi connectivity index (χ4n) is 1.18. The Morgan fingerprint density at radius 1 is 1.00 bits per heavy atom. The molecule has 0 unspecified atom stereocenters. The number of nitrogens with one attached hydrogen (secondary N) is 1. The van der Waals surface area contributed by atoms with Gasteiger partial charge in [0.2, 0.25) is 0 Å². The molecule has 0 saturated carbocycles. The molecule has 0 saturated heterocycles. The molecule has 0 atom stereocenters. The van der Waals surface area contributed by atoms with Crippen LogP contribution in [0.25, 0.3) is 0 Å². The first-order valence-corrected chi connectivity index (χ1v) is 5.84. The van der Waals surface area contributed by atoms with Crippen LogP contribution < -0.4 is 5.32 Å². The molecule has 0 spiro atoms. The highest BCUT2D eigenvalue weighted by Gasteiger charge is 1.91. The zero-order valence-electron chi connectivity index (χ0n) is 10.2. The van der Waals surface area contributed by atoms with Crippen LogP contribution in [0.4, 0.5) is 0 Å². The number of hydrogen-bond acceptors (Lipinski definition) is 1. The second kappa shape index (κ2) is 9.09. The minimum Gasteiger partial charge on any atom is -0.315 e. The van der Waals surface area contributed by atoms with Gasteiger partial charge < -0.3 is 5.32 Å². The van der Waals surface area contributed by atoms with Gasteiger partial charge >= 0.3 is 0 Å². The summed E-state index contributed by atoms with van der Waals surface area (Å²) in [5, 5.41) is 3.42. The van der Waals surface area contributed by atoms with E-state index in [0.29, 0.717) is 12.0 Å². The average Bonchev–Trinajstić information content (AvgIpc) is 2.08. The van der Waals surface area contributed by atoms with Crippen molar-refractivity contribution in [3.05, 3.63) is 0 Å². The van der Waals surface area contributed by atoms with Crippen molar-refractivity contribution in [1.29, 1.82) is 0 Å². The number of unbranched alkanes of at least 4 members (excludes halogenated alkanes) is 3. The topological polar surface area (TPSA) is 12.0 Å². The molecule has 1 N–H and O–H groups in total. The summed E-state index contributed by atoms with van der Waals surface area (Å²) in [6.07, 6.45) is 4.90. The molecular formula is C13H25N. The number of rotatable bonds is 6. The van der Waals surface area contributed by atoms with Crippen LogP contribution in [0.3, 0.4) is 0 Å². The molecule has 0 rings (SSSR count). The molecule has 0 amide bonds. The largest absolute Gasteiger partial charge is 0.315 e. The summed E-state index contributed by atoms with van der Waals surface area (Å²) in [5.41, 5.74) is 0. The van der Waals surface area contributed by atoms with Crippen LogP contribution in [0.15, 0.2) is 0 Å². The predicted octanol–water partition coefficient (Wildman–Crippen LogP) is 3.20. The lowest BCUT2D eigenvalue weighted by molar-refractivity contribution is 0.550. The normalized spacial score (nSPS) is 10.4. The smallest absolute Gasteiger partial charge is 0.0146 e. The van der Waals surface area contributed by atoms with E-state index in [0.717, 1.165) is 13.0 Å². The lowest BCUT2D eigenvalue weighted by atomic mass is 10.1. The first-order chi connectivity index (χ1) is 6.63. The first kappa shape index (κ1) is 13.5. The second-order valence-electron chi connectivity index (χ2n) is 4.40. The van der Waals surface area contributed by atoms with Gasteiger partial charge in [-0.3, -0.25) is 0 Å². The summed E-state index contributed by atoms with van der Waals surface area (Å²) in [4.78, 5) is 0. The lowest BCUT2D eigenvalue weighted by Crippen LogP contribution is -2.23. The van der Waals surface area contributed by atoms with Crippen LogP contribution in [-0.4, -0.2) is 12.6 Å². The maximum Gasteiger partial charge on any atom is 0.0146 e. The van der Waals surface area contributed by atoms with Crippen LogP contribution in [0.5, 0.6) is 0 Å². The Morgan fingerprint density at radius 2 is 1.71 bits per heavy atom. The molecule has 0 fully saturated rings. The molecule has 1 heteroatoms. The SMILES string of the molecule is CC(C)C#CCCCCCNC(C)C. The van der Waals surface area contributed by atoms with Gasteiger partial charge in [0, 0.05) is 18.4 Å². The summed E-state index contributed by atoms with van der Waals surface area (Å²) in [5.74, 6) is 6.93. The third kappa shape index (κ3) is 11.5. The van der Waals surface area contributed by atoms with E-state index in [9.17, 15) is 0 Å². The van der Waals surface area contributed by atoms with E-state index in [1.54, 1.807) is 0 Å². The van der Waals surface area contributed by atoms with E-state index in [1.807, 2.05) is 0 Å². The van der Waals surface area contributed by atoms with Gasteiger partial charge in [-0.1, -0.05) is 34.1 Å². The summed E-state index contributed by atoms with van der Waals surface area (Å²) in [7, 11) is 0. The van der Waals surface area contributed by atoms with Gasteiger partial charge in [-0.05, 0) is 19.4 Å². The predicted molar refractivity (Wildman–Crippen MR) is 64.2 cm³/mol. The molecule has 0 aliphatic rings. The fraction of sp³-hybridized carbons (Fsp3) is 0.846. The third-order valence-electron chi connectivity index (χ3n) is 1.92. The maximum absolute atomic E-state index is 3.42. The van der Waals surface area contributed by atoms with Crippen LogP contribution in [0, 0.1) is 17.8 Å². The molecule has 82 valence electrons. The summed E-state index contributed by atoms with van der Waals surface area (Å²) >= 11 is 0. The minimum atomic E-state index is 0.526. The van der Waals surface area contributed by atoms with Crippen molar-refractivity contribution in [3.8, 4) is 11.8 Å². The van der Waals surface area contributed by atoms with Gasteiger partial charge in [0.05, 0.1) is 0 Å². The molecule has 0 aliphatic carbocycles. The monoisotopic (exact) mass is 195 g/mol. The lowest BCUT2D eigenvalue weighted by Gasteiger charge is -2.06. The van der Waals surface area contributed by atoms with Crippen molar-refractivity contribution in [2.45, 2.75) is 59.4 Å². The van der Waals surface area contributed by atoms with E-state index in [2.05, 4.69) is 44.9 Å². The van der Waals surface area contributed by atoms with Crippen LogP contribution in [0.1, 0.15) is 53.4 Å². The molecule has 0 aromatic rings. The quantitative estimate of drug-likeness (QED) is 0.507. The summed E-state index contributed by atoms with van der Waals surface area (Å²) in [6, 6.07) is 0.621. The van der Waals surface area contributed by atoms with E-state index < -0.39 is 0 Å². The third-order valence-corrected chi connectivity index (χ3v) is 1.92. The maximum atomic E-state index is 3.42. The molecular weight excluding hydrogens is 170 g/mol. The van der Waals surface area contributed by atoms with Gasteiger partial charge in [0.1, 0.15) is 0 Å². The Morgan fingerprint density at radius 3 is 2.29 bits per heavy atom. The first-order valence-electron chi connectivity index (χ1n) is 5.84. The fourth-order valence-corrected chi connectivity index (χ4v) is 1.18. The Bertz CT molecular complexity index is 171. The molecule has 14 heavy (non-hydrogen) atoms. The van der Waals surface area contributed by atoms with E-state index in [-0.39, 0.29) is 0 Å². The van der Waals surface area contributed by atoms with E-state index in [4.69, 9.17) is 0 Å². The van der Waals surface area contributed by atoms with Crippen LogP contribution in [-0.2, 0) is 0 Å².